The predicted octanol–water partition coefficient (Wildman–Crippen LogP) is 4.00. The molecule has 3 N–H and O–H groups in total. The van der Waals surface area contributed by atoms with E-state index in [9.17, 15) is 0 Å². The molecule has 1 aromatic rings. The predicted molar refractivity (Wildman–Crippen MR) is 76.8 cm³/mol. The molecule has 0 saturated heterocycles. The first kappa shape index (κ1) is 12.8. The fourth-order valence-corrected chi connectivity index (χ4v) is 3.75. The van der Waals surface area contributed by atoms with Gasteiger partial charge in [-0.1, -0.05) is 45.5 Å². The van der Waals surface area contributed by atoms with Crippen molar-refractivity contribution in [3.05, 3.63) is 22.8 Å². The van der Waals surface area contributed by atoms with E-state index in [1.807, 2.05) is 0 Å². The Hall–Kier alpha value is -0.670. The molecule has 3 heteroatoms. The maximum absolute atomic E-state index is 6.00. The number of anilines is 1. The molecular formula is C14H22N2S. The van der Waals surface area contributed by atoms with E-state index >= 15 is 0 Å². The van der Waals surface area contributed by atoms with Crippen molar-refractivity contribution in [3.8, 4) is 0 Å². The molecule has 94 valence electrons. The molecule has 1 aliphatic heterocycles. The summed E-state index contributed by atoms with van der Waals surface area (Å²) in [6, 6.07) is 2.32. The summed E-state index contributed by atoms with van der Waals surface area (Å²) >= 11 is 1.76. The molecule has 0 fully saturated rings. The quantitative estimate of drug-likeness (QED) is 0.833. The van der Waals surface area contributed by atoms with E-state index in [1.54, 1.807) is 11.8 Å². The second kappa shape index (κ2) is 4.54. The molecule has 1 heterocycles. The van der Waals surface area contributed by atoms with E-state index in [4.69, 9.17) is 5.73 Å². The maximum Gasteiger partial charge on any atom is 0.127 e. The monoisotopic (exact) mass is 250 g/mol. The molecule has 2 nitrogen and oxygen atoms in total. The van der Waals surface area contributed by atoms with Gasteiger partial charge < -0.3 is 11.1 Å². The van der Waals surface area contributed by atoms with E-state index in [2.05, 4.69) is 46.0 Å². The average molecular weight is 250 g/mol. The summed E-state index contributed by atoms with van der Waals surface area (Å²) in [4.78, 5) is 1.37. The van der Waals surface area contributed by atoms with Gasteiger partial charge in [0.15, 0.2) is 0 Å². The Bertz CT molecular complexity index is 438. The summed E-state index contributed by atoms with van der Waals surface area (Å²) in [7, 11) is 0. The van der Waals surface area contributed by atoms with Crippen molar-refractivity contribution in [2.75, 3.05) is 5.32 Å². The van der Waals surface area contributed by atoms with Gasteiger partial charge in [0.05, 0.1) is 5.69 Å². The van der Waals surface area contributed by atoms with Gasteiger partial charge in [-0.3, -0.25) is 0 Å². The molecule has 0 aromatic heterocycles. The second-order valence-corrected chi connectivity index (χ2v) is 6.54. The summed E-state index contributed by atoms with van der Waals surface area (Å²) in [6.07, 6.45) is 0. The lowest BCUT2D eigenvalue weighted by Gasteiger charge is -2.20. The molecule has 0 radical (unpaired) electrons. The van der Waals surface area contributed by atoms with Crippen molar-refractivity contribution in [3.63, 3.8) is 0 Å². The third kappa shape index (κ3) is 2.18. The highest BCUT2D eigenvalue weighted by Crippen LogP contribution is 2.46. The molecule has 0 aliphatic carbocycles. The fourth-order valence-electron chi connectivity index (χ4n) is 2.50. The SMILES string of the molecule is Cc1cc(C(C)C)c(C(C)C)c2c1NC(N)S2. The van der Waals surface area contributed by atoms with Crippen molar-refractivity contribution < 1.29 is 0 Å². The number of nitrogens with two attached hydrogens (primary N) is 1. The Morgan fingerprint density at radius 2 is 1.88 bits per heavy atom. The van der Waals surface area contributed by atoms with Crippen molar-refractivity contribution >= 4 is 17.4 Å². The zero-order chi connectivity index (χ0) is 12.7. The van der Waals surface area contributed by atoms with Gasteiger partial charge >= 0.3 is 0 Å². The Morgan fingerprint density at radius 3 is 2.41 bits per heavy atom. The summed E-state index contributed by atoms with van der Waals surface area (Å²) in [5, 5.41) is 3.37. The van der Waals surface area contributed by atoms with Crippen LogP contribution in [0, 0.1) is 6.92 Å². The van der Waals surface area contributed by atoms with Gasteiger partial charge in [0.25, 0.3) is 0 Å². The second-order valence-electron chi connectivity index (χ2n) is 5.39. The van der Waals surface area contributed by atoms with Crippen LogP contribution in [-0.2, 0) is 0 Å². The lowest BCUT2D eigenvalue weighted by molar-refractivity contribution is 0.772. The van der Waals surface area contributed by atoms with E-state index in [0.29, 0.717) is 11.8 Å². The standard InChI is InChI=1S/C14H22N2S/c1-7(2)10-6-9(5)12-13(11(10)8(3)4)17-14(15)16-12/h6-8,14,16H,15H2,1-5H3. The summed E-state index contributed by atoms with van der Waals surface area (Å²) in [6.45, 7) is 11.2. The number of hydrogen-bond donors (Lipinski definition) is 2. The summed E-state index contributed by atoms with van der Waals surface area (Å²) in [5.74, 6) is 1.11. The molecule has 0 bridgehead atoms. The van der Waals surface area contributed by atoms with Crippen molar-refractivity contribution in [2.45, 2.75) is 56.8 Å². The van der Waals surface area contributed by atoms with Crippen molar-refractivity contribution in [2.24, 2.45) is 5.73 Å². The third-order valence-electron chi connectivity index (χ3n) is 3.28. The summed E-state index contributed by atoms with van der Waals surface area (Å²) < 4.78 is 0. The van der Waals surface area contributed by atoms with Crippen LogP contribution in [0.2, 0.25) is 0 Å². The number of benzene rings is 1. The molecule has 1 aliphatic rings. The number of hydrogen-bond acceptors (Lipinski definition) is 3. The Labute approximate surface area is 108 Å². The van der Waals surface area contributed by atoms with E-state index in [1.165, 1.54) is 27.3 Å². The maximum atomic E-state index is 6.00. The van der Waals surface area contributed by atoms with Crippen LogP contribution in [0.25, 0.3) is 0 Å². The van der Waals surface area contributed by atoms with Crippen LogP contribution in [0.1, 0.15) is 56.2 Å². The zero-order valence-corrected chi connectivity index (χ0v) is 12.1. The smallest absolute Gasteiger partial charge is 0.127 e. The largest absolute Gasteiger partial charge is 0.360 e. The van der Waals surface area contributed by atoms with Crippen LogP contribution in [0.4, 0.5) is 5.69 Å². The van der Waals surface area contributed by atoms with Crippen LogP contribution >= 0.6 is 11.8 Å². The van der Waals surface area contributed by atoms with Crippen LogP contribution in [-0.4, -0.2) is 5.50 Å². The highest BCUT2D eigenvalue weighted by molar-refractivity contribution is 8.00. The van der Waals surface area contributed by atoms with Gasteiger partial charge in [-0.15, -0.1) is 0 Å². The van der Waals surface area contributed by atoms with Gasteiger partial charge in [0.1, 0.15) is 5.50 Å². The number of thioether (sulfide) groups is 1. The van der Waals surface area contributed by atoms with Crippen molar-refractivity contribution in [1.82, 2.24) is 0 Å². The van der Waals surface area contributed by atoms with Gasteiger partial charge in [0.2, 0.25) is 0 Å². The first-order valence-electron chi connectivity index (χ1n) is 6.28. The Morgan fingerprint density at radius 1 is 1.24 bits per heavy atom. The van der Waals surface area contributed by atoms with Gasteiger partial charge in [-0.25, -0.2) is 0 Å². The van der Waals surface area contributed by atoms with E-state index in [-0.39, 0.29) is 5.50 Å². The summed E-state index contributed by atoms with van der Waals surface area (Å²) in [5.41, 5.74) is 11.5. The normalized spacial score (nSPS) is 18.7. The van der Waals surface area contributed by atoms with Gasteiger partial charge in [0, 0.05) is 4.90 Å². The topological polar surface area (TPSA) is 38.0 Å². The molecule has 0 amide bonds. The Balaban J connectivity index is 2.66. The zero-order valence-electron chi connectivity index (χ0n) is 11.3. The molecule has 0 spiro atoms. The first-order valence-corrected chi connectivity index (χ1v) is 7.16. The number of fused-ring (bicyclic) bond motifs is 1. The molecule has 2 rings (SSSR count). The van der Waals surface area contributed by atoms with Crippen molar-refractivity contribution in [1.29, 1.82) is 0 Å². The molecule has 1 unspecified atom stereocenters. The third-order valence-corrected chi connectivity index (χ3v) is 4.31. The van der Waals surface area contributed by atoms with Crippen LogP contribution in [0.5, 0.6) is 0 Å². The van der Waals surface area contributed by atoms with Crippen LogP contribution in [0.3, 0.4) is 0 Å². The van der Waals surface area contributed by atoms with Gasteiger partial charge in [-0.05, 0) is 35.4 Å². The van der Waals surface area contributed by atoms with E-state index < -0.39 is 0 Å². The fraction of sp³-hybridized carbons (Fsp3) is 0.571. The molecule has 0 saturated carbocycles. The Kier molecular flexibility index (Phi) is 3.41. The minimum absolute atomic E-state index is 0.00334. The molecule has 17 heavy (non-hydrogen) atoms. The highest BCUT2D eigenvalue weighted by Gasteiger charge is 2.27. The minimum Gasteiger partial charge on any atom is -0.360 e. The average Bonchev–Trinajstić information content (AvgIpc) is 2.58. The van der Waals surface area contributed by atoms with E-state index in [0.717, 1.165) is 0 Å². The lowest BCUT2D eigenvalue weighted by atomic mass is 9.88. The van der Waals surface area contributed by atoms with Crippen LogP contribution < -0.4 is 11.1 Å². The van der Waals surface area contributed by atoms with Gasteiger partial charge in [-0.2, -0.15) is 0 Å². The highest BCUT2D eigenvalue weighted by atomic mass is 32.2. The number of aryl methyl sites for hydroxylation is 1. The molecule has 1 aromatic carbocycles. The number of rotatable bonds is 2. The first-order chi connectivity index (χ1) is 7.91. The minimum atomic E-state index is 0.00334. The number of nitrogens with one attached hydrogen (secondary N) is 1. The van der Waals surface area contributed by atoms with Crippen LogP contribution in [0.15, 0.2) is 11.0 Å². The lowest BCUT2D eigenvalue weighted by Crippen LogP contribution is -2.20. The molecular weight excluding hydrogens is 228 g/mol. The molecule has 1 atom stereocenters.